The highest BCUT2D eigenvalue weighted by atomic mass is 32.1. The van der Waals surface area contributed by atoms with E-state index in [0.29, 0.717) is 5.82 Å². The lowest BCUT2D eigenvalue weighted by atomic mass is 9.52. The number of hydrogen-bond acceptors (Lipinski definition) is 3. The predicted molar refractivity (Wildman–Crippen MR) is 259 cm³/mol. The molecule has 3 aliphatic carbocycles. The lowest BCUT2D eigenvalue weighted by Gasteiger charge is -2.49. The lowest BCUT2D eigenvalue weighted by Crippen LogP contribution is -2.43. The van der Waals surface area contributed by atoms with Crippen molar-refractivity contribution in [2.24, 2.45) is 0 Å². The molecule has 0 saturated heterocycles. The zero-order chi connectivity index (χ0) is 41.3. The zero-order valence-electron chi connectivity index (χ0n) is 34.1. The van der Waals surface area contributed by atoms with Crippen LogP contribution in [0.3, 0.4) is 0 Å². The first-order chi connectivity index (χ1) is 31.2. The molecule has 0 bridgehead atoms. The van der Waals surface area contributed by atoms with Gasteiger partial charge in [0.2, 0.25) is 0 Å². The fourth-order valence-electron chi connectivity index (χ4n) is 11.8. The monoisotopic (exact) mass is 816 g/mol. The van der Waals surface area contributed by atoms with E-state index in [-0.39, 0.29) is 0 Å². The summed E-state index contributed by atoms with van der Waals surface area (Å²) in [7, 11) is 0. The third-order valence-corrected chi connectivity index (χ3v) is 15.4. The maximum atomic E-state index is 5.37. The quantitative estimate of drug-likeness (QED) is 0.177. The first-order valence-electron chi connectivity index (χ1n) is 21.7. The van der Waals surface area contributed by atoms with E-state index in [2.05, 4.69) is 218 Å². The standard InChI is InChI=1S/C60H36N2S/c1-3-17-37(18-4-1)53-36-54(38-19-5-2-6-20-38)62-58(61-53)39-31-32-42-44-33-34-45-43-23-9-16-30-55(43)63-57(45)56(44)60(52(42)35-39)50-28-14-12-26-48(50)59(49-27-13-15-29-51(49)60)46-24-10-7-21-40(46)41-22-8-11-25-47(41)59/h1-36H. The van der Waals surface area contributed by atoms with E-state index in [1.807, 2.05) is 11.3 Å². The topological polar surface area (TPSA) is 25.8 Å². The van der Waals surface area contributed by atoms with Gasteiger partial charge in [0.05, 0.1) is 22.2 Å². The van der Waals surface area contributed by atoms with Crippen molar-refractivity contribution in [2.75, 3.05) is 0 Å². The van der Waals surface area contributed by atoms with E-state index in [1.165, 1.54) is 86.9 Å². The summed E-state index contributed by atoms with van der Waals surface area (Å²) in [5.41, 5.74) is 19.5. The molecular weight excluding hydrogens is 781 g/mol. The van der Waals surface area contributed by atoms with Gasteiger partial charge in [-0.2, -0.15) is 0 Å². The van der Waals surface area contributed by atoms with Crippen LogP contribution in [-0.2, 0) is 10.8 Å². The average molecular weight is 817 g/mol. The Labute approximate surface area is 369 Å². The summed E-state index contributed by atoms with van der Waals surface area (Å²) in [6.07, 6.45) is 0. The number of thiophene rings is 1. The molecule has 0 amide bonds. The van der Waals surface area contributed by atoms with Gasteiger partial charge in [-0.15, -0.1) is 11.3 Å². The smallest absolute Gasteiger partial charge is 0.160 e. The SMILES string of the molecule is c1ccc(-c2cc(-c3ccccc3)nc(-c3ccc4c(c3)C3(c5ccccc5C5(c6ccccc6-c6ccccc65)c5ccccc53)c3c-4ccc4c3sc3ccccc34)n2)cc1. The second kappa shape index (κ2) is 12.9. The summed E-state index contributed by atoms with van der Waals surface area (Å²) in [6.45, 7) is 0. The summed E-state index contributed by atoms with van der Waals surface area (Å²) in [5, 5.41) is 2.61. The first-order valence-corrected chi connectivity index (χ1v) is 22.6. The van der Waals surface area contributed by atoms with Gasteiger partial charge < -0.3 is 0 Å². The van der Waals surface area contributed by atoms with E-state index in [4.69, 9.17) is 9.97 Å². The summed E-state index contributed by atoms with van der Waals surface area (Å²) in [6, 6.07) is 80.8. The fourth-order valence-corrected chi connectivity index (χ4v) is 13.1. The lowest BCUT2D eigenvalue weighted by molar-refractivity contribution is 0.636. The van der Waals surface area contributed by atoms with Crippen molar-refractivity contribution in [3.8, 4) is 56.2 Å². The molecule has 0 aliphatic heterocycles. The molecule has 3 heteroatoms. The van der Waals surface area contributed by atoms with Gasteiger partial charge in [-0.3, -0.25) is 0 Å². The fraction of sp³-hybridized carbons (Fsp3) is 0.0333. The molecule has 0 atom stereocenters. The highest BCUT2D eigenvalue weighted by Gasteiger charge is 2.59. The highest BCUT2D eigenvalue weighted by molar-refractivity contribution is 7.26. The van der Waals surface area contributed by atoms with Gasteiger partial charge in [-0.1, -0.05) is 200 Å². The van der Waals surface area contributed by atoms with E-state index in [0.717, 1.165) is 28.1 Å². The van der Waals surface area contributed by atoms with Crippen LogP contribution in [0.2, 0.25) is 0 Å². The van der Waals surface area contributed by atoms with Gasteiger partial charge in [0, 0.05) is 36.9 Å². The third kappa shape index (κ3) is 4.51. The molecule has 2 heterocycles. The zero-order valence-corrected chi connectivity index (χ0v) is 34.9. The van der Waals surface area contributed by atoms with Crippen LogP contribution in [0.1, 0.15) is 44.5 Å². The Kier molecular flexibility index (Phi) is 7.15. The molecule has 0 saturated carbocycles. The molecule has 63 heavy (non-hydrogen) atoms. The van der Waals surface area contributed by atoms with E-state index in [9.17, 15) is 0 Å². The molecule has 3 aliphatic rings. The Morgan fingerprint density at radius 2 is 0.794 bits per heavy atom. The summed E-state index contributed by atoms with van der Waals surface area (Å²) in [5.74, 6) is 0.712. The molecule has 0 unspecified atom stereocenters. The Morgan fingerprint density at radius 3 is 1.40 bits per heavy atom. The molecule has 14 rings (SSSR count). The Hall–Kier alpha value is -7.72. The van der Waals surface area contributed by atoms with Crippen molar-refractivity contribution in [3.05, 3.63) is 263 Å². The van der Waals surface area contributed by atoms with Gasteiger partial charge in [-0.25, -0.2) is 9.97 Å². The maximum Gasteiger partial charge on any atom is 0.160 e. The maximum absolute atomic E-state index is 5.37. The molecule has 2 aromatic heterocycles. The number of aromatic nitrogens is 2. The molecule has 2 spiro atoms. The van der Waals surface area contributed by atoms with Crippen molar-refractivity contribution >= 4 is 31.5 Å². The largest absolute Gasteiger partial charge is 0.228 e. The number of benzene rings is 9. The van der Waals surface area contributed by atoms with Crippen molar-refractivity contribution in [1.29, 1.82) is 0 Å². The molecular formula is C60H36N2S. The molecule has 0 N–H and O–H groups in total. The Morgan fingerprint density at radius 1 is 0.317 bits per heavy atom. The Bertz CT molecular complexity index is 3540. The normalized spacial score (nSPS) is 14.3. The van der Waals surface area contributed by atoms with Gasteiger partial charge in [0.25, 0.3) is 0 Å². The molecule has 2 nitrogen and oxygen atoms in total. The van der Waals surface area contributed by atoms with Gasteiger partial charge in [0.1, 0.15) is 0 Å². The van der Waals surface area contributed by atoms with Crippen molar-refractivity contribution < 1.29 is 0 Å². The summed E-state index contributed by atoms with van der Waals surface area (Å²) >= 11 is 1.93. The average Bonchev–Trinajstić information content (AvgIpc) is 3.99. The minimum Gasteiger partial charge on any atom is -0.228 e. The van der Waals surface area contributed by atoms with E-state index in [1.54, 1.807) is 0 Å². The minimum atomic E-state index is -0.661. The predicted octanol–water partition coefficient (Wildman–Crippen LogP) is 14.9. The summed E-state index contributed by atoms with van der Waals surface area (Å²) in [4.78, 5) is 10.7. The van der Waals surface area contributed by atoms with Crippen LogP contribution in [-0.4, -0.2) is 9.97 Å². The van der Waals surface area contributed by atoms with Gasteiger partial charge in [-0.05, 0) is 85.0 Å². The third-order valence-electron chi connectivity index (χ3n) is 14.2. The van der Waals surface area contributed by atoms with Crippen LogP contribution in [0, 0.1) is 0 Å². The Balaban J connectivity index is 1.12. The van der Waals surface area contributed by atoms with Gasteiger partial charge in [0.15, 0.2) is 5.82 Å². The van der Waals surface area contributed by atoms with Gasteiger partial charge >= 0.3 is 0 Å². The molecule has 9 aromatic carbocycles. The van der Waals surface area contributed by atoms with Crippen LogP contribution in [0.4, 0.5) is 0 Å². The van der Waals surface area contributed by atoms with Crippen molar-refractivity contribution in [3.63, 3.8) is 0 Å². The number of fused-ring (bicyclic) bond motifs is 20. The van der Waals surface area contributed by atoms with Crippen LogP contribution >= 0.6 is 11.3 Å². The minimum absolute atomic E-state index is 0.516. The van der Waals surface area contributed by atoms with Crippen LogP contribution in [0.25, 0.3) is 76.3 Å². The number of hydrogen-bond donors (Lipinski definition) is 0. The molecule has 11 aromatic rings. The summed E-state index contributed by atoms with van der Waals surface area (Å²) < 4.78 is 2.65. The van der Waals surface area contributed by atoms with Crippen molar-refractivity contribution in [1.82, 2.24) is 9.97 Å². The van der Waals surface area contributed by atoms with Crippen LogP contribution in [0.5, 0.6) is 0 Å². The molecule has 0 fully saturated rings. The molecule has 292 valence electrons. The molecule has 0 radical (unpaired) electrons. The second-order valence-corrected chi connectivity index (χ2v) is 18.2. The second-order valence-electron chi connectivity index (χ2n) is 17.1. The van der Waals surface area contributed by atoms with Crippen LogP contribution in [0.15, 0.2) is 218 Å². The van der Waals surface area contributed by atoms with Crippen molar-refractivity contribution in [2.45, 2.75) is 10.8 Å². The van der Waals surface area contributed by atoms with Crippen LogP contribution < -0.4 is 0 Å². The highest BCUT2D eigenvalue weighted by Crippen LogP contribution is 2.68. The number of nitrogens with zero attached hydrogens (tertiary/aromatic N) is 2. The van der Waals surface area contributed by atoms with E-state index >= 15 is 0 Å². The first kappa shape index (κ1) is 34.9. The van der Waals surface area contributed by atoms with E-state index < -0.39 is 10.8 Å². The number of rotatable bonds is 3.